The van der Waals surface area contributed by atoms with Gasteiger partial charge in [-0.2, -0.15) is 10.1 Å². The Labute approximate surface area is 247 Å². The second-order valence-corrected chi connectivity index (χ2v) is 12.2. The van der Waals surface area contributed by atoms with Crippen LogP contribution in [0, 0.1) is 12.7 Å². The molecule has 2 aromatic heterocycles. The van der Waals surface area contributed by atoms with Crippen molar-refractivity contribution in [1.82, 2.24) is 30.0 Å². The number of benzene rings is 2. The number of halogens is 2. The number of amides is 1. The van der Waals surface area contributed by atoms with Gasteiger partial charge in [-0.1, -0.05) is 24.2 Å². The molecule has 5 heterocycles. The number of aryl methyl sites for hydroxylation is 1. The fraction of sp³-hybridized carbons (Fsp3) is 0.400. The van der Waals surface area contributed by atoms with Crippen LogP contribution in [-0.4, -0.2) is 94.3 Å². The first kappa shape index (κ1) is 26.9. The SMILES string of the molecule is C=CC(=O)N1C2CCC1CN(c1nc(N3CC(N(C)C)C3)nc3c(F)c(-c4c(C)ccc5[nH]nc(N)c45)c(Cl)cc13)C2. The first-order chi connectivity index (χ1) is 20.2. The van der Waals surface area contributed by atoms with Gasteiger partial charge in [-0.3, -0.25) is 9.89 Å². The van der Waals surface area contributed by atoms with E-state index >= 15 is 4.39 Å². The quantitative estimate of drug-likeness (QED) is 0.337. The van der Waals surface area contributed by atoms with Crippen molar-refractivity contribution < 1.29 is 9.18 Å². The van der Waals surface area contributed by atoms with E-state index in [1.807, 2.05) is 38.1 Å². The molecule has 3 fully saturated rings. The van der Waals surface area contributed by atoms with Crippen LogP contribution < -0.4 is 15.5 Å². The zero-order chi connectivity index (χ0) is 29.4. The van der Waals surface area contributed by atoms with E-state index in [4.69, 9.17) is 27.3 Å². The minimum absolute atomic E-state index is 0.0359. The topological polar surface area (TPSA) is 111 Å². The number of rotatable bonds is 5. The highest BCUT2D eigenvalue weighted by molar-refractivity contribution is 6.35. The Morgan fingerprint density at radius 2 is 1.86 bits per heavy atom. The first-order valence-electron chi connectivity index (χ1n) is 14.2. The number of nitrogens with one attached hydrogen (secondary N) is 1. The number of carbonyl (C=O) groups excluding carboxylic acids is 1. The minimum atomic E-state index is -0.522. The number of hydrogen-bond acceptors (Lipinski definition) is 8. The number of nitrogen functional groups attached to an aromatic ring is 1. The van der Waals surface area contributed by atoms with Crippen LogP contribution in [0.1, 0.15) is 18.4 Å². The van der Waals surface area contributed by atoms with Crippen molar-refractivity contribution in [2.24, 2.45) is 0 Å². The van der Waals surface area contributed by atoms with Crippen LogP contribution in [0.15, 0.2) is 30.9 Å². The van der Waals surface area contributed by atoms with Gasteiger partial charge in [0.05, 0.1) is 15.9 Å². The van der Waals surface area contributed by atoms with E-state index in [-0.39, 0.29) is 39.9 Å². The van der Waals surface area contributed by atoms with Gasteiger partial charge in [0.15, 0.2) is 11.6 Å². The molecule has 3 aliphatic rings. The van der Waals surface area contributed by atoms with E-state index in [1.165, 1.54) is 6.08 Å². The van der Waals surface area contributed by atoms with Gasteiger partial charge < -0.3 is 25.3 Å². The molecule has 0 spiro atoms. The summed E-state index contributed by atoms with van der Waals surface area (Å²) in [5.41, 5.74) is 8.80. The predicted octanol–water partition coefficient (Wildman–Crippen LogP) is 3.97. The van der Waals surface area contributed by atoms with Crippen LogP contribution in [0.4, 0.5) is 22.0 Å². The van der Waals surface area contributed by atoms with Crippen LogP contribution in [0.2, 0.25) is 5.02 Å². The summed E-state index contributed by atoms with van der Waals surface area (Å²) in [4.78, 5) is 30.8. The summed E-state index contributed by atoms with van der Waals surface area (Å²) in [5, 5.41) is 8.48. The van der Waals surface area contributed by atoms with Gasteiger partial charge in [0.2, 0.25) is 11.9 Å². The molecule has 10 nitrogen and oxygen atoms in total. The lowest BCUT2D eigenvalue weighted by Crippen LogP contribution is -2.58. The molecule has 3 saturated heterocycles. The fourth-order valence-electron chi connectivity index (χ4n) is 6.83. The number of H-pyrrole nitrogens is 1. The fourth-order valence-corrected chi connectivity index (χ4v) is 7.12. The van der Waals surface area contributed by atoms with Gasteiger partial charge in [-0.25, -0.2) is 9.37 Å². The molecule has 0 radical (unpaired) electrons. The average Bonchev–Trinajstić information content (AvgIpc) is 3.43. The summed E-state index contributed by atoms with van der Waals surface area (Å²) >= 11 is 6.93. The minimum Gasteiger partial charge on any atom is -0.382 e. The van der Waals surface area contributed by atoms with Gasteiger partial charge >= 0.3 is 0 Å². The highest BCUT2D eigenvalue weighted by atomic mass is 35.5. The molecule has 42 heavy (non-hydrogen) atoms. The van der Waals surface area contributed by atoms with Crippen molar-refractivity contribution in [2.45, 2.75) is 37.9 Å². The number of likely N-dealkylation sites (N-methyl/N-ethyl adjacent to an activating group) is 1. The van der Waals surface area contributed by atoms with Gasteiger partial charge in [-0.05, 0) is 57.6 Å². The van der Waals surface area contributed by atoms with E-state index in [0.717, 1.165) is 31.5 Å². The van der Waals surface area contributed by atoms with Gasteiger partial charge in [-0.15, -0.1) is 0 Å². The molecule has 2 atom stereocenters. The number of hydrogen-bond donors (Lipinski definition) is 2. The van der Waals surface area contributed by atoms with E-state index in [0.29, 0.717) is 52.8 Å². The summed E-state index contributed by atoms with van der Waals surface area (Å²) < 4.78 is 16.9. The molecule has 3 aliphatic heterocycles. The molecular formula is C30H33ClFN9O. The molecule has 2 unspecified atom stereocenters. The third-order valence-electron chi connectivity index (χ3n) is 9.15. The summed E-state index contributed by atoms with van der Waals surface area (Å²) in [7, 11) is 4.10. The normalized spacial score (nSPS) is 20.7. The molecule has 4 aromatic rings. The van der Waals surface area contributed by atoms with E-state index in [9.17, 15) is 4.79 Å². The number of piperazine rings is 1. The Morgan fingerprint density at radius 1 is 1.14 bits per heavy atom. The second kappa shape index (κ2) is 9.81. The highest BCUT2D eigenvalue weighted by Gasteiger charge is 2.43. The van der Waals surface area contributed by atoms with Crippen LogP contribution in [0.3, 0.4) is 0 Å². The summed E-state index contributed by atoms with van der Waals surface area (Å²) in [5.74, 6) is 0.828. The zero-order valence-corrected chi connectivity index (χ0v) is 24.6. The number of aromatic amines is 1. The number of fused-ring (bicyclic) bond motifs is 4. The number of aromatic nitrogens is 4. The average molecular weight is 590 g/mol. The maximum atomic E-state index is 16.9. The van der Waals surface area contributed by atoms with Crippen LogP contribution in [-0.2, 0) is 4.79 Å². The lowest BCUT2D eigenvalue weighted by molar-refractivity contribution is -0.129. The molecule has 0 aliphatic carbocycles. The van der Waals surface area contributed by atoms with Gasteiger partial charge in [0, 0.05) is 60.8 Å². The third kappa shape index (κ3) is 4.01. The largest absolute Gasteiger partial charge is 0.382 e. The number of nitrogens with two attached hydrogens (primary N) is 1. The van der Waals surface area contributed by atoms with Gasteiger partial charge in [0.1, 0.15) is 11.3 Å². The number of carbonyl (C=O) groups is 1. The maximum absolute atomic E-state index is 16.9. The zero-order valence-electron chi connectivity index (χ0n) is 23.9. The monoisotopic (exact) mass is 589 g/mol. The Bertz CT molecular complexity index is 1750. The molecule has 2 aromatic carbocycles. The Morgan fingerprint density at radius 3 is 2.52 bits per heavy atom. The first-order valence-corrected chi connectivity index (χ1v) is 14.6. The van der Waals surface area contributed by atoms with Crippen molar-refractivity contribution in [3.05, 3.63) is 47.3 Å². The summed E-state index contributed by atoms with van der Waals surface area (Å²) in [6.45, 7) is 8.27. The second-order valence-electron chi connectivity index (χ2n) is 11.8. The lowest BCUT2D eigenvalue weighted by Gasteiger charge is -2.44. The van der Waals surface area contributed by atoms with E-state index in [2.05, 4.69) is 31.5 Å². The maximum Gasteiger partial charge on any atom is 0.246 e. The molecule has 7 rings (SSSR count). The van der Waals surface area contributed by atoms with E-state index in [1.54, 1.807) is 6.07 Å². The van der Waals surface area contributed by atoms with Crippen molar-refractivity contribution >= 4 is 56.9 Å². The Hall–Kier alpha value is -3.96. The molecule has 1 amide bonds. The predicted molar refractivity (Wildman–Crippen MR) is 164 cm³/mol. The van der Waals surface area contributed by atoms with Crippen LogP contribution in [0.5, 0.6) is 0 Å². The van der Waals surface area contributed by atoms with Crippen molar-refractivity contribution in [3.8, 4) is 11.1 Å². The Kier molecular flexibility index (Phi) is 6.28. The Balaban J connectivity index is 1.40. The van der Waals surface area contributed by atoms with Crippen molar-refractivity contribution in [3.63, 3.8) is 0 Å². The van der Waals surface area contributed by atoms with Gasteiger partial charge in [0.25, 0.3) is 0 Å². The molecular weight excluding hydrogens is 557 g/mol. The number of anilines is 3. The smallest absolute Gasteiger partial charge is 0.246 e. The van der Waals surface area contributed by atoms with E-state index < -0.39 is 5.82 Å². The third-order valence-corrected chi connectivity index (χ3v) is 9.45. The van der Waals surface area contributed by atoms with Crippen LogP contribution in [0.25, 0.3) is 32.9 Å². The van der Waals surface area contributed by atoms with Crippen molar-refractivity contribution in [2.75, 3.05) is 55.8 Å². The summed E-state index contributed by atoms with van der Waals surface area (Å²) in [6.07, 6.45) is 3.19. The molecule has 2 bridgehead atoms. The molecule has 3 N–H and O–H groups in total. The number of nitrogens with zero attached hydrogens (tertiary/aromatic N) is 7. The molecule has 0 saturated carbocycles. The summed E-state index contributed by atoms with van der Waals surface area (Å²) in [6, 6.07) is 5.98. The highest BCUT2D eigenvalue weighted by Crippen LogP contribution is 2.44. The lowest BCUT2D eigenvalue weighted by atomic mass is 9.94. The standard InChI is InChI=1S/C30H33ClFN9O/c1-5-22(42)41-16-7-8-17(41)12-39(11-16)29-19-10-20(31)24(23-15(2)6-9-21-25(23)28(33)37-36-21)26(32)27(19)34-30(35-29)40-13-18(14-40)38(3)4/h5-6,9-10,16-18H,1,7-8,11-14H2,2-4H3,(H3,33,36,37). The molecule has 218 valence electrons. The van der Waals surface area contributed by atoms with Crippen LogP contribution >= 0.6 is 11.6 Å². The van der Waals surface area contributed by atoms with Crippen molar-refractivity contribution in [1.29, 1.82) is 0 Å². The molecule has 12 heteroatoms.